The van der Waals surface area contributed by atoms with Gasteiger partial charge in [0.05, 0.1) is 31.9 Å². The second kappa shape index (κ2) is 8.19. The van der Waals surface area contributed by atoms with Crippen molar-refractivity contribution in [2.75, 3.05) is 17.7 Å². The molecule has 0 fully saturated rings. The predicted octanol–water partition coefficient (Wildman–Crippen LogP) is 2.38. The number of pyridine rings is 1. The minimum absolute atomic E-state index is 0.211. The number of ether oxygens (including phenoxy) is 1. The Morgan fingerprint density at radius 3 is 2.94 bits per heavy atom. The molecule has 3 N–H and O–H groups in total. The number of hydrogen-bond acceptors (Lipinski definition) is 6. The van der Waals surface area contributed by atoms with E-state index >= 15 is 0 Å². The standard InChI is InChI=1S/C21H21N7O3/c1-4-17(29)24-14-7-5-6-13(8-14)9-28-11-15(18-19(21(28)30)23-12-22-18)25-16-10-27(2)26-20(16)31-3/h4-8,10-12,25H,1,9H2,2-3H3,(H,22,23)(H,24,29). The van der Waals surface area contributed by atoms with Crippen LogP contribution in [-0.2, 0) is 18.4 Å². The number of hydrogen-bond donors (Lipinski definition) is 3. The molecule has 0 aliphatic rings. The highest BCUT2D eigenvalue weighted by molar-refractivity contribution is 5.98. The second-order valence-corrected chi connectivity index (χ2v) is 6.85. The van der Waals surface area contributed by atoms with Crippen LogP contribution in [0, 0.1) is 0 Å². The minimum atomic E-state index is -0.301. The molecular formula is C21H21N7O3. The maximum absolute atomic E-state index is 13.0. The maximum atomic E-state index is 13.0. The van der Waals surface area contributed by atoms with E-state index in [1.165, 1.54) is 19.5 Å². The molecule has 0 aliphatic heterocycles. The molecule has 3 aromatic heterocycles. The van der Waals surface area contributed by atoms with Crippen LogP contribution >= 0.6 is 0 Å². The summed E-state index contributed by atoms with van der Waals surface area (Å²) in [5.74, 6) is 0.125. The molecule has 10 heteroatoms. The van der Waals surface area contributed by atoms with E-state index in [9.17, 15) is 9.59 Å². The van der Waals surface area contributed by atoms with Gasteiger partial charge < -0.3 is 24.9 Å². The average Bonchev–Trinajstić information content (AvgIpc) is 3.38. The molecule has 31 heavy (non-hydrogen) atoms. The zero-order valence-electron chi connectivity index (χ0n) is 17.0. The number of aryl methyl sites for hydroxylation is 1. The second-order valence-electron chi connectivity index (χ2n) is 6.85. The lowest BCUT2D eigenvalue weighted by atomic mass is 10.2. The van der Waals surface area contributed by atoms with Crippen LogP contribution in [0.3, 0.4) is 0 Å². The van der Waals surface area contributed by atoms with Gasteiger partial charge in [-0.3, -0.25) is 14.3 Å². The number of rotatable bonds is 7. The number of aromatic amines is 1. The fourth-order valence-electron chi connectivity index (χ4n) is 3.28. The number of carbonyl (C=O) groups excluding carboxylic acids is 1. The Morgan fingerprint density at radius 2 is 2.16 bits per heavy atom. The first kappa shape index (κ1) is 20.0. The number of amides is 1. The van der Waals surface area contributed by atoms with E-state index in [1.807, 2.05) is 18.2 Å². The van der Waals surface area contributed by atoms with Crippen LogP contribution in [0.15, 0.2) is 60.4 Å². The van der Waals surface area contributed by atoms with Gasteiger partial charge in [0.2, 0.25) is 5.91 Å². The van der Waals surface area contributed by atoms with Crippen molar-refractivity contribution in [1.82, 2.24) is 24.3 Å². The van der Waals surface area contributed by atoms with Crippen molar-refractivity contribution in [2.24, 2.45) is 7.05 Å². The Balaban J connectivity index is 1.71. The number of H-pyrrole nitrogens is 1. The van der Waals surface area contributed by atoms with Gasteiger partial charge in [0.25, 0.3) is 11.4 Å². The van der Waals surface area contributed by atoms with E-state index in [1.54, 1.807) is 34.8 Å². The van der Waals surface area contributed by atoms with E-state index in [0.717, 1.165) is 5.56 Å². The molecule has 0 atom stereocenters. The van der Waals surface area contributed by atoms with Crippen LogP contribution in [-0.4, -0.2) is 37.3 Å². The average molecular weight is 419 g/mol. The summed E-state index contributed by atoms with van der Waals surface area (Å²) >= 11 is 0. The Hall–Kier alpha value is -4.34. The van der Waals surface area contributed by atoms with Gasteiger partial charge in [0.1, 0.15) is 16.7 Å². The van der Waals surface area contributed by atoms with Crippen molar-refractivity contribution in [3.63, 3.8) is 0 Å². The Kier molecular flexibility index (Phi) is 5.27. The molecule has 0 unspecified atom stereocenters. The zero-order chi connectivity index (χ0) is 22.0. The molecule has 1 amide bonds. The molecule has 0 spiro atoms. The first-order valence-electron chi connectivity index (χ1n) is 9.42. The van der Waals surface area contributed by atoms with Crippen molar-refractivity contribution >= 4 is 34.0 Å². The molecule has 3 heterocycles. The van der Waals surface area contributed by atoms with E-state index in [0.29, 0.717) is 40.5 Å². The highest BCUT2D eigenvalue weighted by atomic mass is 16.5. The van der Waals surface area contributed by atoms with Crippen LogP contribution in [0.1, 0.15) is 5.56 Å². The first-order valence-corrected chi connectivity index (χ1v) is 9.42. The zero-order valence-corrected chi connectivity index (χ0v) is 17.0. The Labute approximate surface area is 177 Å². The molecule has 4 rings (SSSR count). The van der Waals surface area contributed by atoms with Gasteiger partial charge in [0, 0.05) is 18.9 Å². The van der Waals surface area contributed by atoms with E-state index in [-0.39, 0.29) is 11.5 Å². The summed E-state index contributed by atoms with van der Waals surface area (Å²) in [5, 5.41) is 10.2. The van der Waals surface area contributed by atoms with Gasteiger partial charge in [0.15, 0.2) is 0 Å². The fraction of sp³-hybridized carbons (Fsp3) is 0.143. The lowest BCUT2D eigenvalue weighted by molar-refractivity contribution is -0.111. The maximum Gasteiger partial charge on any atom is 0.276 e. The fourth-order valence-corrected chi connectivity index (χ4v) is 3.28. The topological polar surface area (TPSA) is 119 Å². The summed E-state index contributed by atoms with van der Waals surface area (Å²) in [6.07, 6.45) is 6.16. The largest absolute Gasteiger partial charge is 0.478 e. The van der Waals surface area contributed by atoms with Crippen LogP contribution in [0.2, 0.25) is 0 Å². The van der Waals surface area contributed by atoms with E-state index in [4.69, 9.17) is 4.74 Å². The van der Waals surface area contributed by atoms with Crippen molar-refractivity contribution in [2.45, 2.75) is 6.54 Å². The lowest BCUT2D eigenvalue weighted by Gasteiger charge is -2.12. The highest BCUT2D eigenvalue weighted by Crippen LogP contribution is 2.28. The van der Waals surface area contributed by atoms with Crippen molar-refractivity contribution < 1.29 is 9.53 Å². The predicted molar refractivity (Wildman–Crippen MR) is 118 cm³/mol. The van der Waals surface area contributed by atoms with E-state index in [2.05, 4.69) is 32.3 Å². The first-order chi connectivity index (χ1) is 15.0. The molecule has 1 aromatic carbocycles. The van der Waals surface area contributed by atoms with Crippen molar-refractivity contribution in [3.8, 4) is 5.88 Å². The van der Waals surface area contributed by atoms with Crippen LogP contribution in [0.4, 0.5) is 17.1 Å². The SMILES string of the molecule is C=CC(=O)Nc1cccc(Cn2cc(Nc3cn(C)nc3OC)c3nc[nH]c3c2=O)c1. The summed E-state index contributed by atoms with van der Waals surface area (Å²) in [6.45, 7) is 3.75. The number of fused-ring (bicyclic) bond motifs is 1. The number of nitrogens with zero attached hydrogens (tertiary/aromatic N) is 4. The minimum Gasteiger partial charge on any atom is -0.478 e. The molecular weight excluding hydrogens is 398 g/mol. The molecule has 0 saturated carbocycles. The highest BCUT2D eigenvalue weighted by Gasteiger charge is 2.15. The van der Waals surface area contributed by atoms with Crippen molar-refractivity contribution in [3.05, 3.63) is 71.6 Å². The lowest BCUT2D eigenvalue weighted by Crippen LogP contribution is -2.21. The summed E-state index contributed by atoms with van der Waals surface area (Å²) in [5.41, 5.74) is 3.41. The van der Waals surface area contributed by atoms with Crippen molar-refractivity contribution in [1.29, 1.82) is 0 Å². The summed E-state index contributed by atoms with van der Waals surface area (Å²) < 4.78 is 8.50. The Bertz CT molecular complexity index is 1330. The van der Waals surface area contributed by atoms with Crippen LogP contribution in [0.5, 0.6) is 5.88 Å². The van der Waals surface area contributed by atoms with Crippen LogP contribution in [0.25, 0.3) is 11.0 Å². The number of anilines is 3. The Morgan fingerprint density at radius 1 is 1.32 bits per heavy atom. The summed E-state index contributed by atoms with van der Waals surface area (Å²) in [7, 11) is 3.33. The number of carbonyl (C=O) groups is 1. The number of methoxy groups -OCH3 is 1. The molecule has 4 aromatic rings. The van der Waals surface area contributed by atoms with Gasteiger partial charge in [-0.15, -0.1) is 5.10 Å². The quantitative estimate of drug-likeness (QED) is 0.396. The van der Waals surface area contributed by atoms with Gasteiger partial charge >= 0.3 is 0 Å². The third kappa shape index (κ3) is 4.04. The molecule has 158 valence electrons. The van der Waals surface area contributed by atoms with Gasteiger partial charge in [-0.25, -0.2) is 4.98 Å². The molecule has 0 radical (unpaired) electrons. The summed E-state index contributed by atoms with van der Waals surface area (Å²) in [6, 6.07) is 7.27. The number of aromatic nitrogens is 5. The monoisotopic (exact) mass is 419 g/mol. The van der Waals surface area contributed by atoms with E-state index < -0.39 is 0 Å². The molecule has 0 aliphatic carbocycles. The molecule has 0 saturated heterocycles. The molecule has 10 nitrogen and oxygen atoms in total. The molecule has 0 bridgehead atoms. The third-order valence-electron chi connectivity index (χ3n) is 4.64. The number of nitrogens with one attached hydrogen (secondary N) is 3. The third-order valence-corrected chi connectivity index (χ3v) is 4.64. The van der Waals surface area contributed by atoms with Gasteiger partial charge in [-0.05, 0) is 23.8 Å². The van der Waals surface area contributed by atoms with Gasteiger partial charge in [-0.1, -0.05) is 18.7 Å². The summed E-state index contributed by atoms with van der Waals surface area (Å²) in [4.78, 5) is 31.7. The number of benzene rings is 1. The smallest absolute Gasteiger partial charge is 0.276 e. The van der Waals surface area contributed by atoms with Gasteiger partial charge in [-0.2, -0.15) is 0 Å². The normalized spacial score (nSPS) is 10.8. The number of imidazole rings is 1. The van der Waals surface area contributed by atoms with Crippen LogP contribution < -0.4 is 20.9 Å².